The van der Waals surface area contributed by atoms with Crippen molar-refractivity contribution in [1.29, 1.82) is 5.26 Å². The van der Waals surface area contributed by atoms with E-state index in [9.17, 15) is 8.42 Å². The summed E-state index contributed by atoms with van der Waals surface area (Å²) in [7, 11) is -3.77. The molecular formula is C8H8N6O2S. The lowest BCUT2D eigenvalue weighted by molar-refractivity contribution is 0.600. The third-order valence-electron chi connectivity index (χ3n) is 2.07. The van der Waals surface area contributed by atoms with E-state index in [0.717, 1.165) is 0 Å². The van der Waals surface area contributed by atoms with E-state index in [1.807, 2.05) is 6.07 Å². The summed E-state index contributed by atoms with van der Waals surface area (Å²) in [6.45, 7) is 1.58. The van der Waals surface area contributed by atoms with Crippen molar-refractivity contribution in [2.75, 3.05) is 4.72 Å². The highest BCUT2D eigenvalue weighted by Gasteiger charge is 2.20. The molecule has 3 N–H and O–H groups in total. The standard InChI is InChI=1S/C8H8N6O2S/c1-5-7(4-11-12-5)17(15,16)14-8-6(2-9)3-10-13-8/h3-4H,1H3,(H,11,12)(H2,10,13,14). The summed E-state index contributed by atoms with van der Waals surface area (Å²) in [5.41, 5.74) is 0.533. The van der Waals surface area contributed by atoms with E-state index in [1.54, 1.807) is 6.92 Å². The number of hydrogen-bond donors (Lipinski definition) is 3. The maximum absolute atomic E-state index is 11.9. The Morgan fingerprint density at radius 3 is 2.65 bits per heavy atom. The topological polar surface area (TPSA) is 127 Å². The van der Waals surface area contributed by atoms with Gasteiger partial charge < -0.3 is 0 Å². The molecule has 2 heterocycles. The van der Waals surface area contributed by atoms with Gasteiger partial charge in [-0.15, -0.1) is 0 Å². The first-order valence-corrected chi connectivity index (χ1v) is 5.99. The number of aromatic nitrogens is 4. The van der Waals surface area contributed by atoms with Crippen LogP contribution in [0, 0.1) is 18.3 Å². The van der Waals surface area contributed by atoms with Crippen molar-refractivity contribution in [2.24, 2.45) is 0 Å². The van der Waals surface area contributed by atoms with Gasteiger partial charge in [-0.1, -0.05) is 0 Å². The first kappa shape index (κ1) is 11.2. The Kier molecular flexibility index (Phi) is 2.57. The van der Waals surface area contributed by atoms with Crippen LogP contribution in [0.3, 0.4) is 0 Å². The van der Waals surface area contributed by atoms with E-state index in [0.29, 0.717) is 5.69 Å². The van der Waals surface area contributed by atoms with Gasteiger partial charge in [0.05, 0.1) is 18.1 Å². The number of anilines is 1. The molecule has 2 aromatic heterocycles. The van der Waals surface area contributed by atoms with Crippen LogP contribution in [-0.2, 0) is 10.0 Å². The van der Waals surface area contributed by atoms with Gasteiger partial charge in [-0.25, -0.2) is 8.42 Å². The largest absolute Gasteiger partial charge is 0.281 e. The highest BCUT2D eigenvalue weighted by molar-refractivity contribution is 7.92. The summed E-state index contributed by atoms with van der Waals surface area (Å²) in [6.07, 6.45) is 2.43. The Balaban J connectivity index is 2.38. The minimum absolute atomic E-state index is 0.0241. The van der Waals surface area contributed by atoms with Gasteiger partial charge in [-0.3, -0.25) is 14.9 Å². The van der Waals surface area contributed by atoms with E-state index < -0.39 is 10.0 Å². The zero-order valence-corrected chi connectivity index (χ0v) is 9.54. The van der Waals surface area contributed by atoms with Crippen molar-refractivity contribution >= 4 is 15.8 Å². The van der Waals surface area contributed by atoms with E-state index in [-0.39, 0.29) is 16.3 Å². The predicted octanol–water partition coefficient (Wildman–Crippen LogP) is 0.114. The lowest BCUT2D eigenvalue weighted by Crippen LogP contribution is -2.14. The van der Waals surface area contributed by atoms with Crippen LogP contribution in [0.1, 0.15) is 11.3 Å². The number of hydrogen-bond acceptors (Lipinski definition) is 5. The number of nitrogens with zero attached hydrogens (tertiary/aromatic N) is 3. The molecule has 0 amide bonds. The Bertz CT molecular complexity index is 677. The summed E-state index contributed by atoms with van der Waals surface area (Å²) < 4.78 is 26.1. The number of rotatable bonds is 3. The van der Waals surface area contributed by atoms with E-state index in [1.165, 1.54) is 12.4 Å². The fourth-order valence-corrected chi connectivity index (χ4v) is 2.42. The highest BCUT2D eigenvalue weighted by atomic mass is 32.2. The van der Waals surface area contributed by atoms with Gasteiger partial charge in [0.1, 0.15) is 16.5 Å². The molecule has 0 spiro atoms. The average Bonchev–Trinajstić information content (AvgIpc) is 2.86. The van der Waals surface area contributed by atoms with Crippen molar-refractivity contribution < 1.29 is 8.42 Å². The molecule has 0 aromatic carbocycles. The molecule has 0 atom stereocenters. The molecule has 0 aliphatic heterocycles. The molecule has 2 aromatic rings. The number of aromatic amines is 2. The zero-order chi connectivity index (χ0) is 12.5. The molecule has 0 fully saturated rings. The number of nitriles is 1. The maximum Gasteiger partial charge on any atom is 0.266 e. The van der Waals surface area contributed by atoms with Gasteiger partial charge in [0.2, 0.25) is 0 Å². The molecule has 17 heavy (non-hydrogen) atoms. The minimum atomic E-state index is -3.77. The zero-order valence-electron chi connectivity index (χ0n) is 8.72. The van der Waals surface area contributed by atoms with E-state index >= 15 is 0 Å². The number of H-pyrrole nitrogens is 2. The minimum Gasteiger partial charge on any atom is -0.281 e. The second kappa shape index (κ2) is 3.91. The van der Waals surface area contributed by atoms with Crippen LogP contribution >= 0.6 is 0 Å². The first-order chi connectivity index (χ1) is 8.04. The van der Waals surface area contributed by atoms with Crippen LogP contribution < -0.4 is 4.72 Å². The predicted molar refractivity (Wildman–Crippen MR) is 57.4 cm³/mol. The SMILES string of the molecule is Cc1[nH]ncc1S(=O)(=O)Nc1[nH]ncc1C#N. The van der Waals surface area contributed by atoms with Gasteiger partial charge in [0.15, 0.2) is 5.82 Å². The molecule has 0 aliphatic carbocycles. The van der Waals surface area contributed by atoms with Crippen LogP contribution in [0.15, 0.2) is 17.3 Å². The molecule has 88 valence electrons. The molecule has 2 rings (SSSR count). The number of aryl methyl sites for hydroxylation is 1. The van der Waals surface area contributed by atoms with Crippen molar-refractivity contribution in [1.82, 2.24) is 20.4 Å². The molecule has 0 saturated heterocycles. The molecular weight excluding hydrogens is 244 g/mol. The Morgan fingerprint density at radius 1 is 1.35 bits per heavy atom. The summed E-state index contributed by atoms with van der Waals surface area (Å²) in [4.78, 5) is 0.0241. The van der Waals surface area contributed by atoms with Gasteiger partial charge >= 0.3 is 0 Å². The van der Waals surface area contributed by atoms with Crippen molar-refractivity contribution in [2.45, 2.75) is 11.8 Å². The second-order valence-corrected chi connectivity index (χ2v) is 4.89. The van der Waals surface area contributed by atoms with Crippen molar-refractivity contribution in [3.63, 3.8) is 0 Å². The third-order valence-corrected chi connectivity index (χ3v) is 3.53. The summed E-state index contributed by atoms with van der Waals surface area (Å²) >= 11 is 0. The van der Waals surface area contributed by atoms with Crippen LogP contribution in [0.2, 0.25) is 0 Å². The first-order valence-electron chi connectivity index (χ1n) is 4.51. The maximum atomic E-state index is 11.9. The Labute approximate surface area is 96.7 Å². The van der Waals surface area contributed by atoms with Crippen molar-refractivity contribution in [3.8, 4) is 6.07 Å². The fourth-order valence-electron chi connectivity index (χ4n) is 1.25. The Morgan fingerprint density at radius 2 is 2.06 bits per heavy atom. The van der Waals surface area contributed by atoms with E-state index in [2.05, 4.69) is 25.1 Å². The highest BCUT2D eigenvalue weighted by Crippen LogP contribution is 2.17. The summed E-state index contributed by atoms with van der Waals surface area (Å²) in [5, 5.41) is 20.9. The monoisotopic (exact) mass is 252 g/mol. The van der Waals surface area contributed by atoms with Crippen LogP contribution in [-0.4, -0.2) is 28.8 Å². The molecule has 9 heteroatoms. The van der Waals surface area contributed by atoms with Gasteiger partial charge in [0.25, 0.3) is 10.0 Å². The van der Waals surface area contributed by atoms with Gasteiger partial charge in [-0.2, -0.15) is 15.5 Å². The van der Waals surface area contributed by atoms with Gasteiger partial charge in [0, 0.05) is 0 Å². The van der Waals surface area contributed by atoms with E-state index in [4.69, 9.17) is 5.26 Å². The molecule has 8 nitrogen and oxygen atoms in total. The fraction of sp³-hybridized carbons (Fsp3) is 0.125. The molecule has 0 radical (unpaired) electrons. The van der Waals surface area contributed by atoms with Crippen LogP contribution in [0.4, 0.5) is 5.82 Å². The van der Waals surface area contributed by atoms with Crippen molar-refractivity contribution in [3.05, 3.63) is 23.7 Å². The van der Waals surface area contributed by atoms with Crippen LogP contribution in [0.5, 0.6) is 0 Å². The molecule has 0 unspecified atom stereocenters. The average molecular weight is 252 g/mol. The lowest BCUT2D eigenvalue weighted by Gasteiger charge is -2.04. The smallest absolute Gasteiger partial charge is 0.266 e. The van der Waals surface area contributed by atoms with Crippen LogP contribution in [0.25, 0.3) is 0 Å². The summed E-state index contributed by atoms with van der Waals surface area (Å²) in [5.74, 6) is 0.0353. The molecule has 0 aliphatic rings. The third kappa shape index (κ3) is 1.98. The number of nitrogens with one attached hydrogen (secondary N) is 3. The molecule has 0 saturated carbocycles. The van der Waals surface area contributed by atoms with Gasteiger partial charge in [-0.05, 0) is 6.92 Å². The normalized spacial score (nSPS) is 11.1. The Hall–Kier alpha value is -2.34. The molecule has 0 bridgehead atoms. The second-order valence-electron chi connectivity index (χ2n) is 3.24. The lowest BCUT2D eigenvalue weighted by atomic mass is 10.4. The number of sulfonamides is 1. The summed E-state index contributed by atoms with van der Waals surface area (Å²) in [6, 6.07) is 1.81. The quantitative estimate of drug-likeness (QED) is 0.714.